The maximum absolute atomic E-state index is 13.7. The van der Waals surface area contributed by atoms with Gasteiger partial charge >= 0.3 is 0 Å². The second-order valence-electron chi connectivity index (χ2n) is 8.37. The van der Waals surface area contributed by atoms with E-state index in [0.29, 0.717) is 5.92 Å². The first-order chi connectivity index (χ1) is 14.0. The van der Waals surface area contributed by atoms with Gasteiger partial charge in [-0.1, -0.05) is 29.8 Å². The number of pyridine rings is 1. The fourth-order valence-corrected chi connectivity index (χ4v) is 4.82. The van der Waals surface area contributed by atoms with Crippen molar-refractivity contribution in [2.75, 3.05) is 6.54 Å². The molecule has 5 rings (SSSR count). The minimum Gasteiger partial charge on any atom is -0.335 e. The summed E-state index contributed by atoms with van der Waals surface area (Å²) in [4.78, 5) is 20.6. The number of hydrogen-bond acceptors (Lipinski definition) is 3. The summed E-state index contributed by atoms with van der Waals surface area (Å²) in [5, 5.41) is 6.21. The van der Waals surface area contributed by atoms with E-state index in [0.717, 1.165) is 77.2 Å². The van der Waals surface area contributed by atoms with Gasteiger partial charge in [0.25, 0.3) is 5.91 Å². The van der Waals surface area contributed by atoms with Crippen LogP contribution in [0.5, 0.6) is 0 Å². The van der Waals surface area contributed by atoms with Gasteiger partial charge in [0.05, 0.1) is 16.6 Å². The van der Waals surface area contributed by atoms with Crippen molar-refractivity contribution in [2.24, 2.45) is 7.05 Å². The number of aryl methyl sites for hydroxylation is 2. The number of likely N-dealkylation sites (tertiary alicyclic amines) is 1. The number of benzene rings is 1. The van der Waals surface area contributed by atoms with Gasteiger partial charge in [0, 0.05) is 36.3 Å². The Kier molecular flexibility index (Phi) is 4.58. The molecule has 6 heteroatoms. The molecule has 1 aliphatic heterocycles. The van der Waals surface area contributed by atoms with Gasteiger partial charge in [-0.05, 0) is 56.7 Å². The van der Waals surface area contributed by atoms with Crippen molar-refractivity contribution in [3.63, 3.8) is 0 Å². The van der Waals surface area contributed by atoms with Crippen LogP contribution in [0.15, 0.2) is 30.3 Å². The van der Waals surface area contributed by atoms with Crippen LogP contribution in [0.2, 0.25) is 5.02 Å². The van der Waals surface area contributed by atoms with Crippen LogP contribution in [0, 0.1) is 6.92 Å². The van der Waals surface area contributed by atoms with Gasteiger partial charge < -0.3 is 4.90 Å². The van der Waals surface area contributed by atoms with E-state index in [9.17, 15) is 4.79 Å². The SMILES string of the molecule is Cc1nn(C)c2nc(C3CC3)cc(C(=O)N3CCCC3Cc3ccccc3Cl)c12. The average molecular weight is 409 g/mol. The maximum atomic E-state index is 13.7. The quantitative estimate of drug-likeness (QED) is 0.631. The van der Waals surface area contributed by atoms with Crippen molar-refractivity contribution in [2.45, 2.75) is 51.0 Å². The molecule has 1 aliphatic carbocycles. The molecule has 1 atom stereocenters. The van der Waals surface area contributed by atoms with Crippen molar-refractivity contribution in [3.05, 3.63) is 57.9 Å². The highest BCUT2D eigenvalue weighted by atomic mass is 35.5. The van der Waals surface area contributed by atoms with E-state index in [2.05, 4.69) is 11.2 Å². The van der Waals surface area contributed by atoms with E-state index in [-0.39, 0.29) is 11.9 Å². The Balaban J connectivity index is 1.52. The van der Waals surface area contributed by atoms with Crippen LogP contribution < -0.4 is 0 Å². The summed E-state index contributed by atoms with van der Waals surface area (Å²) in [5.74, 6) is 0.587. The summed E-state index contributed by atoms with van der Waals surface area (Å²) in [6, 6.07) is 10.1. The Bertz CT molecular complexity index is 1100. The zero-order valence-electron chi connectivity index (χ0n) is 16.9. The van der Waals surface area contributed by atoms with Crippen LogP contribution in [-0.4, -0.2) is 38.2 Å². The zero-order valence-corrected chi connectivity index (χ0v) is 17.6. The molecule has 2 aliphatic rings. The van der Waals surface area contributed by atoms with Gasteiger partial charge in [-0.2, -0.15) is 5.10 Å². The number of hydrogen-bond donors (Lipinski definition) is 0. The molecule has 1 amide bonds. The number of amides is 1. The van der Waals surface area contributed by atoms with Crippen LogP contribution in [0.3, 0.4) is 0 Å². The Morgan fingerprint density at radius 2 is 2.03 bits per heavy atom. The highest BCUT2D eigenvalue weighted by molar-refractivity contribution is 6.31. The number of nitrogens with zero attached hydrogens (tertiary/aromatic N) is 4. The molecule has 1 saturated carbocycles. The minimum atomic E-state index is 0.102. The van der Waals surface area contributed by atoms with Crippen LogP contribution in [0.25, 0.3) is 11.0 Å². The molecule has 0 bridgehead atoms. The van der Waals surface area contributed by atoms with E-state index in [1.165, 1.54) is 0 Å². The van der Waals surface area contributed by atoms with E-state index in [4.69, 9.17) is 16.6 Å². The normalized spacial score (nSPS) is 19.3. The standard InChI is InChI=1S/C23H25ClN4O/c1-14-21-18(13-20(15-9-10-15)25-22(21)27(2)26-14)23(29)28-11-5-7-17(28)12-16-6-3-4-8-19(16)24/h3-4,6,8,13,15,17H,5,7,9-12H2,1-2H3. The minimum absolute atomic E-state index is 0.102. The molecule has 2 fully saturated rings. The molecule has 3 heterocycles. The molecule has 2 aromatic heterocycles. The van der Waals surface area contributed by atoms with Crippen molar-refractivity contribution in [1.29, 1.82) is 0 Å². The molecular formula is C23H25ClN4O. The second-order valence-corrected chi connectivity index (χ2v) is 8.77. The van der Waals surface area contributed by atoms with Crippen molar-refractivity contribution in [3.8, 4) is 0 Å². The van der Waals surface area contributed by atoms with Crippen LogP contribution in [0.1, 0.15) is 58.9 Å². The smallest absolute Gasteiger partial charge is 0.254 e. The van der Waals surface area contributed by atoms with Gasteiger partial charge in [-0.25, -0.2) is 4.98 Å². The number of rotatable bonds is 4. The summed E-state index contributed by atoms with van der Waals surface area (Å²) >= 11 is 6.39. The van der Waals surface area contributed by atoms with E-state index in [1.54, 1.807) is 4.68 Å². The molecule has 0 radical (unpaired) electrons. The fraction of sp³-hybridized carbons (Fsp3) is 0.435. The zero-order chi connectivity index (χ0) is 20.1. The van der Waals surface area contributed by atoms with E-state index in [1.807, 2.05) is 43.1 Å². The first-order valence-electron chi connectivity index (χ1n) is 10.4. The second kappa shape index (κ2) is 7.13. The molecule has 0 N–H and O–H groups in total. The number of carbonyl (C=O) groups excluding carboxylic acids is 1. The Morgan fingerprint density at radius 3 is 2.79 bits per heavy atom. The molecular weight excluding hydrogens is 384 g/mol. The number of halogens is 1. The number of fused-ring (bicyclic) bond motifs is 1. The Hall–Kier alpha value is -2.40. The summed E-state index contributed by atoms with van der Waals surface area (Å²) in [5.41, 5.74) is 4.58. The number of aromatic nitrogens is 3. The van der Waals surface area contributed by atoms with Gasteiger partial charge in [0.2, 0.25) is 0 Å². The monoisotopic (exact) mass is 408 g/mol. The highest BCUT2D eigenvalue weighted by Crippen LogP contribution is 2.41. The largest absolute Gasteiger partial charge is 0.335 e. The molecule has 0 spiro atoms. The van der Waals surface area contributed by atoms with Crippen LogP contribution in [-0.2, 0) is 13.5 Å². The first-order valence-corrected chi connectivity index (χ1v) is 10.8. The molecule has 29 heavy (non-hydrogen) atoms. The predicted molar refractivity (Wildman–Crippen MR) is 114 cm³/mol. The van der Waals surface area contributed by atoms with Gasteiger partial charge in [0.15, 0.2) is 5.65 Å². The van der Waals surface area contributed by atoms with Gasteiger partial charge in [-0.15, -0.1) is 0 Å². The maximum Gasteiger partial charge on any atom is 0.254 e. The third-order valence-electron chi connectivity index (χ3n) is 6.27. The van der Waals surface area contributed by atoms with Gasteiger partial charge in [0.1, 0.15) is 0 Å². The van der Waals surface area contributed by atoms with Crippen molar-refractivity contribution in [1.82, 2.24) is 19.7 Å². The number of carbonyl (C=O) groups is 1. The lowest BCUT2D eigenvalue weighted by molar-refractivity contribution is 0.0738. The van der Waals surface area contributed by atoms with Crippen LogP contribution >= 0.6 is 11.6 Å². The topological polar surface area (TPSA) is 51.0 Å². The van der Waals surface area contributed by atoms with Gasteiger partial charge in [-0.3, -0.25) is 9.48 Å². The lowest BCUT2D eigenvalue weighted by Gasteiger charge is -2.26. The molecule has 3 aromatic rings. The summed E-state index contributed by atoms with van der Waals surface area (Å²) < 4.78 is 1.80. The average Bonchev–Trinajstić information content (AvgIpc) is 3.40. The Labute approximate surface area is 175 Å². The Morgan fingerprint density at radius 1 is 1.24 bits per heavy atom. The fourth-order valence-electron chi connectivity index (χ4n) is 4.61. The highest BCUT2D eigenvalue weighted by Gasteiger charge is 2.33. The first kappa shape index (κ1) is 18.6. The molecule has 1 unspecified atom stereocenters. The molecule has 1 aromatic carbocycles. The summed E-state index contributed by atoms with van der Waals surface area (Å²) in [7, 11) is 1.91. The summed E-state index contributed by atoms with van der Waals surface area (Å²) in [6.07, 6.45) is 5.13. The van der Waals surface area contributed by atoms with Crippen molar-refractivity contribution < 1.29 is 4.79 Å². The van der Waals surface area contributed by atoms with E-state index < -0.39 is 0 Å². The van der Waals surface area contributed by atoms with Crippen LogP contribution in [0.4, 0.5) is 0 Å². The lowest BCUT2D eigenvalue weighted by Crippen LogP contribution is -2.37. The third kappa shape index (κ3) is 3.31. The summed E-state index contributed by atoms with van der Waals surface area (Å²) in [6.45, 7) is 2.75. The predicted octanol–water partition coefficient (Wildman–Crippen LogP) is 4.65. The van der Waals surface area contributed by atoms with Crippen molar-refractivity contribution >= 4 is 28.5 Å². The molecule has 150 valence electrons. The molecule has 1 saturated heterocycles. The lowest BCUT2D eigenvalue weighted by atomic mass is 10.0. The van der Waals surface area contributed by atoms with E-state index >= 15 is 0 Å². The molecule has 5 nitrogen and oxygen atoms in total. The third-order valence-corrected chi connectivity index (χ3v) is 6.63.